The number of halogens is 4. The summed E-state index contributed by atoms with van der Waals surface area (Å²) in [4.78, 5) is 23.4. The topological polar surface area (TPSA) is 55.4 Å². The minimum absolute atomic E-state index is 0.154. The quantitative estimate of drug-likeness (QED) is 0.641. The zero-order valence-electron chi connectivity index (χ0n) is 13.3. The van der Waals surface area contributed by atoms with Crippen LogP contribution in [-0.4, -0.2) is 25.0 Å². The highest BCUT2D eigenvalue weighted by molar-refractivity contribution is 6.31. The fourth-order valence-electron chi connectivity index (χ4n) is 1.86. The Morgan fingerprint density at radius 1 is 1.29 bits per heavy atom. The SMILES string of the molecule is COC(=O)C(NC(=O)/C=C/c1ccc(Cl)c(C(F)(F)F)c1)C(C)C. The second-order valence-electron chi connectivity index (χ2n) is 5.32. The van der Waals surface area contributed by atoms with Gasteiger partial charge in [-0.25, -0.2) is 4.79 Å². The zero-order chi connectivity index (χ0) is 18.5. The van der Waals surface area contributed by atoms with Crippen LogP contribution in [0.1, 0.15) is 25.0 Å². The Morgan fingerprint density at radius 2 is 1.92 bits per heavy atom. The lowest BCUT2D eigenvalue weighted by Gasteiger charge is -2.18. The van der Waals surface area contributed by atoms with Crippen LogP contribution in [0.5, 0.6) is 0 Å². The van der Waals surface area contributed by atoms with E-state index in [1.807, 2.05) is 0 Å². The zero-order valence-corrected chi connectivity index (χ0v) is 14.0. The van der Waals surface area contributed by atoms with Crippen molar-refractivity contribution in [1.82, 2.24) is 5.32 Å². The first-order chi connectivity index (χ1) is 11.1. The summed E-state index contributed by atoms with van der Waals surface area (Å²) in [5.41, 5.74) is -0.831. The third kappa shape index (κ3) is 5.56. The van der Waals surface area contributed by atoms with Crippen molar-refractivity contribution in [3.8, 4) is 0 Å². The highest BCUT2D eigenvalue weighted by Gasteiger charge is 2.33. The van der Waals surface area contributed by atoms with E-state index in [2.05, 4.69) is 10.1 Å². The Kier molecular flexibility index (Phi) is 6.83. The van der Waals surface area contributed by atoms with Crippen molar-refractivity contribution in [3.63, 3.8) is 0 Å². The summed E-state index contributed by atoms with van der Waals surface area (Å²) >= 11 is 5.52. The Hall–Kier alpha value is -2.02. The molecule has 24 heavy (non-hydrogen) atoms. The van der Waals surface area contributed by atoms with Gasteiger partial charge in [-0.3, -0.25) is 4.79 Å². The molecule has 0 saturated heterocycles. The van der Waals surface area contributed by atoms with Crippen LogP contribution in [0.25, 0.3) is 6.08 Å². The maximum Gasteiger partial charge on any atom is 0.417 e. The molecule has 132 valence electrons. The average molecular weight is 364 g/mol. The van der Waals surface area contributed by atoms with Gasteiger partial charge >= 0.3 is 12.1 Å². The van der Waals surface area contributed by atoms with Gasteiger partial charge in [-0.15, -0.1) is 0 Å². The summed E-state index contributed by atoms with van der Waals surface area (Å²) in [6.45, 7) is 3.45. The lowest BCUT2D eigenvalue weighted by atomic mass is 10.0. The summed E-state index contributed by atoms with van der Waals surface area (Å²) < 4.78 is 42.9. The monoisotopic (exact) mass is 363 g/mol. The molecule has 1 rings (SSSR count). The van der Waals surface area contributed by atoms with Gasteiger partial charge in [-0.2, -0.15) is 13.2 Å². The smallest absolute Gasteiger partial charge is 0.417 e. The van der Waals surface area contributed by atoms with Crippen LogP contribution in [0.15, 0.2) is 24.3 Å². The molecular weight excluding hydrogens is 347 g/mol. The van der Waals surface area contributed by atoms with E-state index < -0.39 is 34.7 Å². The standard InChI is InChI=1S/C16H17ClF3NO3/c1-9(2)14(15(23)24-3)21-13(22)7-5-10-4-6-12(17)11(8-10)16(18,19)20/h4-9,14H,1-3H3,(H,21,22)/b7-5+. The van der Waals surface area contributed by atoms with E-state index >= 15 is 0 Å². The highest BCUT2D eigenvalue weighted by Crippen LogP contribution is 2.35. The Labute approximate surface area is 142 Å². The van der Waals surface area contributed by atoms with E-state index in [0.29, 0.717) is 0 Å². The molecule has 4 nitrogen and oxygen atoms in total. The van der Waals surface area contributed by atoms with Gasteiger partial charge in [0, 0.05) is 6.08 Å². The van der Waals surface area contributed by atoms with E-state index in [9.17, 15) is 22.8 Å². The summed E-state index contributed by atoms with van der Waals surface area (Å²) in [5, 5.41) is 2.02. The van der Waals surface area contributed by atoms with Crippen LogP contribution in [0.2, 0.25) is 5.02 Å². The fourth-order valence-corrected chi connectivity index (χ4v) is 2.09. The van der Waals surface area contributed by atoms with Gasteiger partial charge < -0.3 is 10.1 Å². The van der Waals surface area contributed by atoms with Gasteiger partial charge in [0.2, 0.25) is 5.91 Å². The number of amides is 1. The molecule has 0 saturated carbocycles. The third-order valence-electron chi connectivity index (χ3n) is 3.14. The van der Waals surface area contributed by atoms with Gasteiger partial charge in [0.05, 0.1) is 17.7 Å². The van der Waals surface area contributed by atoms with Crippen molar-refractivity contribution in [2.75, 3.05) is 7.11 Å². The molecule has 1 aromatic rings. The minimum Gasteiger partial charge on any atom is -0.467 e. The molecule has 0 heterocycles. The lowest BCUT2D eigenvalue weighted by Crippen LogP contribution is -2.44. The molecule has 1 unspecified atom stereocenters. The number of methoxy groups -OCH3 is 1. The number of benzene rings is 1. The molecule has 0 aliphatic rings. The van der Waals surface area contributed by atoms with E-state index in [1.165, 1.54) is 19.3 Å². The van der Waals surface area contributed by atoms with Crippen molar-refractivity contribution in [2.24, 2.45) is 5.92 Å². The van der Waals surface area contributed by atoms with Gasteiger partial charge in [-0.05, 0) is 29.7 Å². The summed E-state index contributed by atoms with van der Waals surface area (Å²) in [6.07, 6.45) is -2.34. The number of alkyl halides is 3. The van der Waals surface area contributed by atoms with Crippen LogP contribution < -0.4 is 5.32 Å². The number of nitrogens with one attached hydrogen (secondary N) is 1. The second kappa shape index (κ2) is 8.19. The molecule has 0 aliphatic carbocycles. The molecule has 0 aliphatic heterocycles. The molecular formula is C16H17ClF3NO3. The van der Waals surface area contributed by atoms with Crippen molar-refractivity contribution in [2.45, 2.75) is 26.1 Å². The molecule has 8 heteroatoms. The van der Waals surface area contributed by atoms with E-state index in [4.69, 9.17) is 11.6 Å². The van der Waals surface area contributed by atoms with Crippen LogP contribution >= 0.6 is 11.6 Å². The van der Waals surface area contributed by atoms with Crippen molar-refractivity contribution >= 4 is 29.6 Å². The van der Waals surface area contributed by atoms with E-state index in [0.717, 1.165) is 18.2 Å². The molecule has 0 bridgehead atoms. The first-order valence-corrected chi connectivity index (χ1v) is 7.37. The van der Waals surface area contributed by atoms with Crippen molar-refractivity contribution in [3.05, 3.63) is 40.4 Å². The van der Waals surface area contributed by atoms with Crippen molar-refractivity contribution < 1.29 is 27.5 Å². The number of hydrogen-bond acceptors (Lipinski definition) is 3. The Bertz CT molecular complexity index is 642. The van der Waals surface area contributed by atoms with Gasteiger partial charge in [0.1, 0.15) is 6.04 Å². The van der Waals surface area contributed by atoms with Crippen LogP contribution in [0.3, 0.4) is 0 Å². The predicted molar refractivity (Wildman–Crippen MR) is 84.3 cm³/mol. The number of esters is 1. The number of carbonyl (C=O) groups is 2. The normalized spacial score (nSPS) is 13.2. The Balaban J connectivity index is 2.89. The molecule has 0 radical (unpaired) electrons. The van der Waals surface area contributed by atoms with Gasteiger partial charge in [-0.1, -0.05) is 31.5 Å². The van der Waals surface area contributed by atoms with Crippen LogP contribution in [-0.2, 0) is 20.5 Å². The molecule has 0 aromatic heterocycles. The van der Waals surface area contributed by atoms with Crippen LogP contribution in [0.4, 0.5) is 13.2 Å². The van der Waals surface area contributed by atoms with Crippen molar-refractivity contribution in [1.29, 1.82) is 0 Å². The largest absolute Gasteiger partial charge is 0.467 e. The van der Waals surface area contributed by atoms with Gasteiger partial charge in [0.25, 0.3) is 0 Å². The first kappa shape index (κ1) is 20.0. The van der Waals surface area contributed by atoms with Gasteiger partial charge in [0.15, 0.2) is 0 Å². The molecule has 0 spiro atoms. The molecule has 0 fully saturated rings. The average Bonchev–Trinajstić information content (AvgIpc) is 2.49. The Morgan fingerprint density at radius 3 is 2.42 bits per heavy atom. The van der Waals surface area contributed by atoms with E-state index in [-0.39, 0.29) is 11.5 Å². The van der Waals surface area contributed by atoms with Crippen LogP contribution in [0, 0.1) is 5.92 Å². The second-order valence-corrected chi connectivity index (χ2v) is 5.73. The summed E-state index contributed by atoms with van der Waals surface area (Å²) in [5.74, 6) is -1.43. The maximum absolute atomic E-state index is 12.8. The fraction of sp³-hybridized carbons (Fsp3) is 0.375. The maximum atomic E-state index is 12.8. The molecule has 1 N–H and O–H groups in total. The highest BCUT2D eigenvalue weighted by atomic mass is 35.5. The predicted octanol–water partition coefficient (Wildman–Crippen LogP) is 3.69. The summed E-state index contributed by atoms with van der Waals surface area (Å²) in [7, 11) is 1.20. The molecule has 1 atom stereocenters. The lowest BCUT2D eigenvalue weighted by molar-refractivity contribution is -0.145. The molecule has 1 amide bonds. The summed E-state index contributed by atoms with van der Waals surface area (Å²) in [6, 6.07) is 2.45. The minimum atomic E-state index is -4.59. The first-order valence-electron chi connectivity index (χ1n) is 6.99. The number of ether oxygens (including phenoxy) is 1. The number of carbonyl (C=O) groups excluding carboxylic acids is 2. The van der Waals surface area contributed by atoms with E-state index in [1.54, 1.807) is 13.8 Å². The molecule has 1 aromatic carbocycles. The third-order valence-corrected chi connectivity index (χ3v) is 3.47. The number of hydrogen-bond donors (Lipinski definition) is 1. The number of rotatable bonds is 5.